The zero-order valence-corrected chi connectivity index (χ0v) is 11.5. The Morgan fingerprint density at radius 3 is 3.06 bits per heavy atom. The van der Waals surface area contributed by atoms with Gasteiger partial charge in [-0.3, -0.25) is 9.99 Å². The summed E-state index contributed by atoms with van der Waals surface area (Å²) in [5.41, 5.74) is 4.21. The van der Waals surface area contributed by atoms with E-state index >= 15 is 0 Å². The van der Waals surface area contributed by atoms with Gasteiger partial charge in [-0.15, -0.1) is 0 Å². The first-order valence-corrected chi connectivity index (χ1v) is 6.93. The van der Waals surface area contributed by atoms with Crippen molar-refractivity contribution in [3.05, 3.63) is 28.5 Å². The summed E-state index contributed by atoms with van der Waals surface area (Å²) in [5.74, 6) is 0. The van der Waals surface area contributed by atoms with Crippen molar-refractivity contribution in [3.8, 4) is 0 Å². The van der Waals surface area contributed by atoms with Crippen molar-refractivity contribution in [3.63, 3.8) is 0 Å². The molecule has 2 aliphatic heterocycles. The van der Waals surface area contributed by atoms with Crippen molar-refractivity contribution >= 4 is 22.3 Å². The minimum atomic E-state index is -0.108. The van der Waals surface area contributed by atoms with Gasteiger partial charge in [0.05, 0.1) is 5.69 Å². The molecule has 1 fully saturated rings. The van der Waals surface area contributed by atoms with Crippen LogP contribution in [0.25, 0.3) is 0 Å². The molecule has 0 saturated carbocycles. The molecule has 96 valence electrons. The third-order valence-corrected chi connectivity index (χ3v) is 3.58. The summed E-state index contributed by atoms with van der Waals surface area (Å²) in [6.07, 6.45) is 6.99. The summed E-state index contributed by atoms with van der Waals surface area (Å²) in [4.78, 5) is 8.77. The Bertz CT molecular complexity index is 430. The van der Waals surface area contributed by atoms with Crippen LogP contribution in [-0.2, 0) is 4.74 Å². The smallest absolute Gasteiger partial charge is 0.160 e. The predicted octanol–water partition coefficient (Wildman–Crippen LogP) is 2.22. The molecule has 6 heteroatoms. The Kier molecular flexibility index (Phi) is 3.58. The van der Waals surface area contributed by atoms with E-state index < -0.39 is 0 Å². The van der Waals surface area contributed by atoms with Crippen molar-refractivity contribution in [2.45, 2.75) is 31.7 Å². The van der Waals surface area contributed by atoms with E-state index in [4.69, 9.17) is 4.74 Å². The summed E-state index contributed by atoms with van der Waals surface area (Å²) in [7, 11) is 0. The fourth-order valence-electron chi connectivity index (χ4n) is 2.14. The minimum Gasteiger partial charge on any atom is -0.357 e. The van der Waals surface area contributed by atoms with Gasteiger partial charge in [0.25, 0.3) is 0 Å². The van der Waals surface area contributed by atoms with Gasteiger partial charge in [-0.05, 0) is 47.3 Å². The Morgan fingerprint density at radius 1 is 1.39 bits per heavy atom. The third-order valence-electron chi connectivity index (χ3n) is 3.11. The number of nitrogens with zero attached hydrogens (tertiary/aromatic N) is 3. The van der Waals surface area contributed by atoms with E-state index in [-0.39, 0.29) is 12.4 Å². The average molecular weight is 311 g/mol. The van der Waals surface area contributed by atoms with Gasteiger partial charge in [0.2, 0.25) is 0 Å². The number of hydrazine groups is 1. The number of pyridine rings is 1. The molecule has 0 amide bonds. The maximum absolute atomic E-state index is 5.71. The van der Waals surface area contributed by atoms with Crippen LogP contribution in [0.1, 0.15) is 31.1 Å². The molecule has 1 aromatic heterocycles. The Balaban J connectivity index is 1.64. The molecule has 0 radical (unpaired) electrons. The van der Waals surface area contributed by atoms with Gasteiger partial charge in [0, 0.05) is 17.3 Å². The highest BCUT2D eigenvalue weighted by Crippen LogP contribution is 2.22. The Morgan fingerprint density at radius 2 is 2.33 bits per heavy atom. The van der Waals surface area contributed by atoms with Gasteiger partial charge in [-0.2, -0.15) is 0 Å². The molecule has 3 rings (SSSR count). The molecule has 1 N–H and O–H groups in total. The lowest BCUT2D eigenvalue weighted by atomic mass is 10.2. The first-order chi connectivity index (χ1) is 8.83. The van der Waals surface area contributed by atoms with Gasteiger partial charge >= 0.3 is 0 Å². The standard InChI is InChI=1S/C12H15BrN4O/c13-9-4-5-10(14-7-9)12-15-8-17(16-12)11-3-1-2-6-18-11/h4-5,7-8,11-12,16H,1-3,6H2. The zero-order valence-electron chi connectivity index (χ0n) is 9.92. The van der Waals surface area contributed by atoms with Crippen LogP contribution in [-0.4, -0.2) is 29.2 Å². The van der Waals surface area contributed by atoms with Gasteiger partial charge < -0.3 is 4.74 Å². The van der Waals surface area contributed by atoms with Crippen LogP contribution in [0.4, 0.5) is 0 Å². The molecule has 0 spiro atoms. The predicted molar refractivity (Wildman–Crippen MR) is 71.7 cm³/mol. The van der Waals surface area contributed by atoms with E-state index in [2.05, 4.69) is 31.3 Å². The van der Waals surface area contributed by atoms with Crippen LogP contribution < -0.4 is 5.43 Å². The highest BCUT2D eigenvalue weighted by Gasteiger charge is 2.26. The molecule has 2 aliphatic rings. The van der Waals surface area contributed by atoms with E-state index in [1.165, 1.54) is 6.42 Å². The fourth-order valence-corrected chi connectivity index (χ4v) is 2.37. The second-order valence-corrected chi connectivity index (χ2v) is 5.34. The lowest BCUT2D eigenvalue weighted by Gasteiger charge is -2.30. The van der Waals surface area contributed by atoms with Gasteiger partial charge in [-0.25, -0.2) is 10.4 Å². The van der Waals surface area contributed by atoms with E-state index in [9.17, 15) is 0 Å². The Labute approximate surface area is 114 Å². The lowest BCUT2D eigenvalue weighted by Crippen LogP contribution is -2.44. The highest BCUT2D eigenvalue weighted by molar-refractivity contribution is 9.10. The molecule has 2 unspecified atom stereocenters. The molecule has 0 aliphatic carbocycles. The summed E-state index contributed by atoms with van der Waals surface area (Å²) in [6, 6.07) is 3.93. The molecule has 0 bridgehead atoms. The molecule has 1 saturated heterocycles. The monoisotopic (exact) mass is 310 g/mol. The van der Waals surface area contributed by atoms with Crippen LogP contribution in [0.2, 0.25) is 0 Å². The van der Waals surface area contributed by atoms with Gasteiger partial charge in [-0.1, -0.05) is 0 Å². The fraction of sp³-hybridized carbons (Fsp3) is 0.500. The Hall–Kier alpha value is -0.980. The minimum absolute atomic E-state index is 0.1000. The molecule has 5 nitrogen and oxygen atoms in total. The number of hydrogen-bond acceptors (Lipinski definition) is 5. The second-order valence-electron chi connectivity index (χ2n) is 4.43. The van der Waals surface area contributed by atoms with Crippen LogP contribution in [0.5, 0.6) is 0 Å². The lowest BCUT2D eigenvalue weighted by molar-refractivity contribution is -0.0711. The topological polar surface area (TPSA) is 49.8 Å². The number of nitrogens with one attached hydrogen (secondary N) is 1. The summed E-state index contributed by atoms with van der Waals surface area (Å²) in [5, 5.41) is 1.95. The van der Waals surface area contributed by atoms with Crippen molar-refractivity contribution in [2.24, 2.45) is 4.99 Å². The van der Waals surface area contributed by atoms with Crippen molar-refractivity contribution in [1.29, 1.82) is 0 Å². The van der Waals surface area contributed by atoms with E-state index in [0.717, 1.165) is 29.6 Å². The quantitative estimate of drug-likeness (QED) is 0.910. The summed E-state index contributed by atoms with van der Waals surface area (Å²) in [6.45, 7) is 0.831. The number of rotatable bonds is 2. The number of ether oxygens (including phenoxy) is 1. The SMILES string of the molecule is Brc1ccc(C2N=CN(C3CCCCO3)N2)nc1. The number of halogens is 1. The van der Waals surface area contributed by atoms with Crippen molar-refractivity contribution in [2.75, 3.05) is 6.61 Å². The second kappa shape index (κ2) is 5.34. The van der Waals surface area contributed by atoms with Crippen LogP contribution >= 0.6 is 15.9 Å². The molecular weight excluding hydrogens is 296 g/mol. The number of aromatic nitrogens is 1. The van der Waals surface area contributed by atoms with Crippen LogP contribution in [0.3, 0.4) is 0 Å². The first-order valence-electron chi connectivity index (χ1n) is 6.14. The maximum Gasteiger partial charge on any atom is 0.160 e. The van der Waals surface area contributed by atoms with Crippen molar-refractivity contribution in [1.82, 2.24) is 15.4 Å². The normalized spacial score (nSPS) is 27.7. The number of hydrogen-bond donors (Lipinski definition) is 1. The van der Waals surface area contributed by atoms with E-state index in [1.807, 2.05) is 23.5 Å². The third kappa shape index (κ3) is 2.55. The van der Waals surface area contributed by atoms with E-state index in [1.54, 1.807) is 6.20 Å². The van der Waals surface area contributed by atoms with Crippen LogP contribution in [0.15, 0.2) is 27.8 Å². The average Bonchev–Trinajstić information content (AvgIpc) is 2.90. The maximum atomic E-state index is 5.71. The largest absolute Gasteiger partial charge is 0.357 e. The zero-order chi connectivity index (χ0) is 12.4. The highest BCUT2D eigenvalue weighted by atomic mass is 79.9. The number of aliphatic imine (C=N–C) groups is 1. The molecule has 18 heavy (non-hydrogen) atoms. The van der Waals surface area contributed by atoms with Gasteiger partial charge in [0.15, 0.2) is 6.17 Å². The van der Waals surface area contributed by atoms with Crippen molar-refractivity contribution < 1.29 is 4.74 Å². The molecular formula is C12H15BrN4O. The summed E-state index contributed by atoms with van der Waals surface area (Å²) < 4.78 is 6.68. The first kappa shape index (κ1) is 12.1. The molecule has 1 aromatic rings. The van der Waals surface area contributed by atoms with E-state index in [0.29, 0.717) is 0 Å². The molecule has 0 aromatic carbocycles. The molecule has 2 atom stereocenters. The van der Waals surface area contributed by atoms with Crippen LogP contribution in [0, 0.1) is 0 Å². The molecule has 3 heterocycles. The van der Waals surface area contributed by atoms with Gasteiger partial charge in [0.1, 0.15) is 12.6 Å². The summed E-state index contributed by atoms with van der Waals surface area (Å²) >= 11 is 3.38.